The molecular weight excluding hydrogens is 348 g/mol. The molecule has 0 atom stereocenters. The van der Waals surface area contributed by atoms with Crippen molar-refractivity contribution in [3.05, 3.63) is 47.1 Å². The maximum Gasteiger partial charge on any atom is 0.245 e. The number of aryl methyl sites for hydroxylation is 2. The van der Waals surface area contributed by atoms with Crippen molar-refractivity contribution in [3.63, 3.8) is 0 Å². The topological polar surface area (TPSA) is 98.0 Å². The Morgan fingerprint density at radius 1 is 1.33 bits per heavy atom. The van der Waals surface area contributed by atoms with Gasteiger partial charge in [-0.15, -0.1) is 11.3 Å². The molecule has 0 aliphatic rings. The molecule has 0 aromatic carbocycles. The Kier molecular flexibility index (Phi) is 4.74. The van der Waals surface area contributed by atoms with Crippen LogP contribution in [0.1, 0.15) is 17.1 Å². The minimum Gasteiger partial charge on any atom is -0.360 e. The minimum atomic E-state index is -3.63. The Labute approximate surface area is 143 Å². The molecule has 3 rings (SSSR count). The molecule has 3 heterocycles. The monoisotopic (exact) mass is 364 g/mol. The van der Waals surface area contributed by atoms with Crippen LogP contribution in [0.25, 0.3) is 10.6 Å². The second kappa shape index (κ2) is 6.80. The summed E-state index contributed by atoms with van der Waals surface area (Å²) in [5, 5.41) is 6.47. The van der Waals surface area contributed by atoms with Crippen molar-refractivity contribution in [1.82, 2.24) is 19.8 Å². The molecule has 0 saturated heterocycles. The molecule has 9 heteroatoms. The van der Waals surface area contributed by atoms with Crippen molar-refractivity contribution in [2.75, 3.05) is 6.54 Å². The smallest absolute Gasteiger partial charge is 0.245 e. The highest BCUT2D eigenvalue weighted by Crippen LogP contribution is 2.23. The first-order valence-electron chi connectivity index (χ1n) is 7.25. The Balaban J connectivity index is 1.64. The lowest BCUT2D eigenvalue weighted by Crippen LogP contribution is -2.26. The van der Waals surface area contributed by atoms with Gasteiger partial charge in [-0.05, 0) is 26.0 Å². The summed E-state index contributed by atoms with van der Waals surface area (Å²) >= 11 is 1.51. The summed E-state index contributed by atoms with van der Waals surface area (Å²) in [5.74, 6) is 0.285. The average molecular weight is 364 g/mol. The van der Waals surface area contributed by atoms with Crippen LogP contribution in [0.5, 0.6) is 0 Å². The van der Waals surface area contributed by atoms with Crippen LogP contribution in [0.15, 0.2) is 39.3 Å². The van der Waals surface area contributed by atoms with Crippen molar-refractivity contribution in [2.45, 2.75) is 25.2 Å². The van der Waals surface area contributed by atoms with E-state index in [1.165, 1.54) is 11.3 Å². The lowest BCUT2D eigenvalue weighted by molar-refractivity contribution is 0.390. The van der Waals surface area contributed by atoms with E-state index in [0.29, 0.717) is 12.1 Å². The SMILES string of the molecule is Cc1noc(C)c1S(=O)(=O)NCCc1csc(-c2cccnc2)n1. The number of hydrogen-bond acceptors (Lipinski definition) is 7. The van der Waals surface area contributed by atoms with Gasteiger partial charge in [0, 0.05) is 36.3 Å². The van der Waals surface area contributed by atoms with Crippen LogP contribution in [-0.2, 0) is 16.4 Å². The van der Waals surface area contributed by atoms with Gasteiger partial charge in [0.2, 0.25) is 10.0 Å². The molecule has 3 aromatic heterocycles. The molecule has 0 bridgehead atoms. The van der Waals surface area contributed by atoms with Crippen LogP contribution in [0.3, 0.4) is 0 Å². The van der Waals surface area contributed by atoms with E-state index in [2.05, 4.69) is 19.8 Å². The summed E-state index contributed by atoms with van der Waals surface area (Å²) in [6.07, 6.45) is 3.96. The summed E-state index contributed by atoms with van der Waals surface area (Å²) in [6, 6.07) is 3.80. The highest BCUT2D eigenvalue weighted by atomic mass is 32.2. The van der Waals surface area contributed by atoms with Crippen LogP contribution in [0.4, 0.5) is 0 Å². The molecule has 3 aromatic rings. The van der Waals surface area contributed by atoms with Gasteiger partial charge in [0.15, 0.2) is 5.76 Å². The minimum absolute atomic E-state index is 0.108. The van der Waals surface area contributed by atoms with E-state index in [0.717, 1.165) is 16.3 Å². The predicted octanol–water partition coefficient (Wildman–Crippen LogP) is 2.33. The van der Waals surface area contributed by atoms with Gasteiger partial charge < -0.3 is 4.52 Å². The highest BCUT2D eigenvalue weighted by Gasteiger charge is 2.23. The van der Waals surface area contributed by atoms with Crippen molar-refractivity contribution in [2.24, 2.45) is 0 Å². The van der Waals surface area contributed by atoms with Gasteiger partial charge in [-0.25, -0.2) is 18.1 Å². The van der Waals surface area contributed by atoms with Gasteiger partial charge in [0.25, 0.3) is 0 Å². The van der Waals surface area contributed by atoms with E-state index in [4.69, 9.17) is 4.52 Å². The molecular formula is C15H16N4O3S2. The van der Waals surface area contributed by atoms with Gasteiger partial charge in [-0.1, -0.05) is 5.16 Å². The maximum atomic E-state index is 12.3. The number of nitrogens with one attached hydrogen (secondary N) is 1. The third-order valence-electron chi connectivity index (χ3n) is 3.37. The number of sulfonamides is 1. The normalized spacial score (nSPS) is 11.8. The van der Waals surface area contributed by atoms with Crippen LogP contribution in [0, 0.1) is 13.8 Å². The van der Waals surface area contributed by atoms with Gasteiger partial charge in [0.1, 0.15) is 15.6 Å². The second-order valence-electron chi connectivity index (χ2n) is 5.19. The largest absolute Gasteiger partial charge is 0.360 e. The summed E-state index contributed by atoms with van der Waals surface area (Å²) in [6.45, 7) is 3.43. The molecule has 0 radical (unpaired) electrons. The molecule has 1 N–H and O–H groups in total. The molecule has 0 amide bonds. The van der Waals surface area contributed by atoms with E-state index in [9.17, 15) is 8.42 Å². The lowest BCUT2D eigenvalue weighted by Gasteiger charge is -2.04. The van der Waals surface area contributed by atoms with Gasteiger partial charge in [-0.2, -0.15) is 0 Å². The van der Waals surface area contributed by atoms with E-state index in [-0.39, 0.29) is 17.2 Å². The van der Waals surface area contributed by atoms with Crippen LogP contribution >= 0.6 is 11.3 Å². The average Bonchev–Trinajstić information content (AvgIpc) is 3.15. The fourth-order valence-corrected chi connectivity index (χ4v) is 4.49. The highest BCUT2D eigenvalue weighted by molar-refractivity contribution is 7.89. The van der Waals surface area contributed by atoms with Crippen molar-refractivity contribution in [3.8, 4) is 10.6 Å². The molecule has 0 unspecified atom stereocenters. The fourth-order valence-electron chi connectivity index (χ4n) is 2.29. The number of aromatic nitrogens is 3. The first-order valence-corrected chi connectivity index (χ1v) is 9.61. The maximum absolute atomic E-state index is 12.3. The Bertz CT molecular complexity index is 913. The molecule has 126 valence electrons. The van der Waals surface area contributed by atoms with Crippen LogP contribution in [0.2, 0.25) is 0 Å². The molecule has 0 fully saturated rings. The number of thiazole rings is 1. The lowest BCUT2D eigenvalue weighted by atomic mass is 10.3. The molecule has 0 spiro atoms. The van der Waals surface area contributed by atoms with E-state index < -0.39 is 10.0 Å². The van der Waals surface area contributed by atoms with Crippen molar-refractivity contribution in [1.29, 1.82) is 0 Å². The Morgan fingerprint density at radius 3 is 2.83 bits per heavy atom. The molecule has 0 aliphatic carbocycles. The van der Waals surface area contributed by atoms with Gasteiger partial charge in [-0.3, -0.25) is 4.98 Å². The zero-order valence-electron chi connectivity index (χ0n) is 13.2. The quantitative estimate of drug-likeness (QED) is 0.721. The summed E-state index contributed by atoms with van der Waals surface area (Å²) < 4.78 is 32.1. The molecule has 0 saturated carbocycles. The summed E-state index contributed by atoms with van der Waals surface area (Å²) in [4.78, 5) is 8.69. The van der Waals surface area contributed by atoms with Gasteiger partial charge in [0.05, 0.1) is 5.69 Å². The zero-order valence-corrected chi connectivity index (χ0v) is 14.8. The number of nitrogens with zero attached hydrogens (tertiary/aromatic N) is 3. The summed E-state index contributed by atoms with van der Waals surface area (Å²) in [7, 11) is -3.63. The Hall–Kier alpha value is -2.10. The van der Waals surface area contributed by atoms with E-state index in [1.54, 1.807) is 26.2 Å². The van der Waals surface area contributed by atoms with E-state index >= 15 is 0 Å². The van der Waals surface area contributed by atoms with Crippen molar-refractivity contribution >= 4 is 21.4 Å². The fraction of sp³-hybridized carbons (Fsp3) is 0.267. The second-order valence-corrected chi connectivity index (χ2v) is 7.75. The van der Waals surface area contributed by atoms with Crippen LogP contribution in [-0.4, -0.2) is 30.1 Å². The molecule has 0 aliphatic heterocycles. The first-order chi connectivity index (χ1) is 11.5. The third kappa shape index (κ3) is 3.53. The number of hydrogen-bond donors (Lipinski definition) is 1. The standard InChI is InChI=1S/C15H16N4O3S2/c1-10-14(11(2)22-19-10)24(20,21)17-7-5-13-9-23-15(18-13)12-4-3-6-16-8-12/h3-4,6,8-9,17H,5,7H2,1-2H3. The first kappa shape index (κ1) is 16.7. The molecule has 24 heavy (non-hydrogen) atoms. The predicted molar refractivity (Wildman–Crippen MR) is 90.2 cm³/mol. The number of pyridine rings is 1. The van der Waals surface area contributed by atoms with Crippen LogP contribution < -0.4 is 4.72 Å². The molecule has 7 nitrogen and oxygen atoms in total. The van der Waals surface area contributed by atoms with E-state index in [1.807, 2.05) is 17.5 Å². The van der Waals surface area contributed by atoms with Crippen molar-refractivity contribution < 1.29 is 12.9 Å². The Morgan fingerprint density at radius 2 is 2.17 bits per heavy atom. The van der Waals surface area contributed by atoms with Gasteiger partial charge >= 0.3 is 0 Å². The summed E-state index contributed by atoms with van der Waals surface area (Å²) in [5.41, 5.74) is 2.14. The number of rotatable bonds is 6. The third-order valence-corrected chi connectivity index (χ3v) is 6.01. The zero-order chi connectivity index (χ0) is 17.2.